The maximum atomic E-state index is 12.1. The van der Waals surface area contributed by atoms with Gasteiger partial charge in [0.1, 0.15) is 5.75 Å². The minimum Gasteiger partial charge on any atom is -0.435 e. The van der Waals surface area contributed by atoms with Crippen LogP contribution in [0, 0.1) is 0 Å². The zero-order valence-electron chi connectivity index (χ0n) is 10.2. The Morgan fingerprint density at radius 2 is 2.28 bits per heavy atom. The van der Waals surface area contributed by atoms with Gasteiger partial charge in [-0.05, 0) is 31.0 Å². The van der Waals surface area contributed by atoms with Gasteiger partial charge in [0.15, 0.2) is 0 Å². The molecule has 100 valence electrons. The zero-order valence-corrected chi connectivity index (χ0v) is 10.2. The minimum atomic E-state index is -2.80. The first kappa shape index (κ1) is 13.2. The number of hydrogen-bond donors (Lipinski definition) is 1. The van der Waals surface area contributed by atoms with Crippen molar-refractivity contribution in [3.63, 3.8) is 0 Å². The normalized spacial score (nSPS) is 24.9. The minimum absolute atomic E-state index is 0.115. The second-order valence-corrected chi connectivity index (χ2v) is 4.41. The second kappa shape index (κ2) is 6.11. The maximum absolute atomic E-state index is 12.1. The van der Waals surface area contributed by atoms with Crippen molar-refractivity contribution in [1.29, 1.82) is 0 Å². The topological polar surface area (TPSA) is 30.5 Å². The predicted molar refractivity (Wildman–Crippen MR) is 63.8 cm³/mol. The molecular formula is C13H17F2NO2. The van der Waals surface area contributed by atoms with E-state index in [0.29, 0.717) is 19.2 Å². The van der Waals surface area contributed by atoms with E-state index in [1.807, 2.05) is 6.07 Å². The Morgan fingerprint density at radius 1 is 1.44 bits per heavy atom. The van der Waals surface area contributed by atoms with Crippen molar-refractivity contribution < 1.29 is 18.3 Å². The van der Waals surface area contributed by atoms with Crippen LogP contribution in [0.2, 0.25) is 0 Å². The Balaban J connectivity index is 2.07. The van der Waals surface area contributed by atoms with Crippen LogP contribution < -0.4 is 10.1 Å². The van der Waals surface area contributed by atoms with E-state index >= 15 is 0 Å². The number of ether oxygens (including phenoxy) is 2. The lowest BCUT2D eigenvalue weighted by Gasteiger charge is -2.16. The number of alkyl halides is 2. The van der Waals surface area contributed by atoms with E-state index in [1.54, 1.807) is 12.1 Å². The van der Waals surface area contributed by atoms with Gasteiger partial charge in [-0.25, -0.2) is 0 Å². The first-order valence-corrected chi connectivity index (χ1v) is 6.05. The summed E-state index contributed by atoms with van der Waals surface area (Å²) < 4.78 is 34.4. The molecule has 18 heavy (non-hydrogen) atoms. The van der Waals surface area contributed by atoms with Gasteiger partial charge in [0.25, 0.3) is 0 Å². The summed E-state index contributed by atoms with van der Waals surface area (Å²) in [5.74, 6) is 0.170. The Morgan fingerprint density at radius 3 is 3.06 bits per heavy atom. The molecule has 0 saturated carbocycles. The third kappa shape index (κ3) is 3.65. The van der Waals surface area contributed by atoms with Crippen LogP contribution in [-0.4, -0.2) is 25.8 Å². The molecule has 1 aromatic rings. The molecule has 1 aliphatic heterocycles. The van der Waals surface area contributed by atoms with Crippen molar-refractivity contribution in [3.8, 4) is 5.75 Å². The van der Waals surface area contributed by atoms with E-state index in [0.717, 1.165) is 12.0 Å². The van der Waals surface area contributed by atoms with Crippen LogP contribution in [0.5, 0.6) is 5.75 Å². The van der Waals surface area contributed by atoms with Crippen LogP contribution >= 0.6 is 0 Å². The fourth-order valence-electron chi connectivity index (χ4n) is 1.96. The average molecular weight is 257 g/mol. The molecule has 0 aromatic heterocycles. The summed E-state index contributed by atoms with van der Waals surface area (Å²) >= 11 is 0. The molecule has 1 saturated heterocycles. The average Bonchev–Trinajstić information content (AvgIpc) is 2.53. The molecule has 0 spiro atoms. The van der Waals surface area contributed by atoms with Crippen LogP contribution in [-0.2, 0) is 4.74 Å². The van der Waals surface area contributed by atoms with Crippen molar-refractivity contribution in [3.05, 3.63) is 29.8 Å². The molecule has 0 aliphatic carbocycles. The zero-order chi connectivity index (χ0) is 13.0. The fourth-order valence-corrected chi connectivity index (χ4v) is 1.96. The van der Waals surface area contributed by atoms with E-state index in [2.05, 4.69) is 17.0 Å². The molecule has 1 aromatic carbocycles. The van der Waals surface area contributed by atoms with Gasteiger partial charge in [0.05, 0.1) is 6.10 Å². The van der Waals surface area contributed by atoms with E-state index in [-0.39, 0.29) is 11.9 Å². The summed E-state index contributed by atoms with van der Waals surface area (Å²) in [6, 6.07) is 7.10. The summed E-state index contributed by atoms with van der Waals surface area (Å²) in [6.07, 6.45) is 0.833. The van der Waals surface area contributed by atoms with Gasteiger partial charge in [-0.1, -0.05) is 12.1 Å². The molecule has 1 fully saturated rings. The highest BCUT2D eigenvalue weighted by atomic mass is 19.3. The summed E-state index contributed by atoms with van der Waals surface area (Å²) in [7, 11) is 0. The number of rotatable bonds is 3. The van der Waals surface area contributed by atoms with Gasteiger partial charge in [-0.2, -0.15) is 8.78 Å². The maximum Gasteiger partial charge on any atom is 0.387 e. The molecule has 2 rings (SSSR count). The van der Waals surface area contributed by atoms with Gasteiger partial charge >= 0.3 is 6.61 Å². The van der Waals surface area contributed by atoms with Crippen LogP contribution in [0.4, 0.5) is 8.78 Å². The first-order chi connectivity index (χ1) is 8.65. The second-order valence-electron chi connectivity index (χ2n) is 4.41. The fraction of sp³-hybridized carbons (Fsp3) is 0.538. The molecule has 0 amide bonds. The largest absolute Gasteiger partial charge is 0.435 e. The lowest BCUT2D eigenvalue weighted by atomic mass is 10.1. The Hall–Kier alpha value is -1.20. The summed E-state index contributed by atoms with van der Waals surface area (Å²) in [6.45, 7) is 0.647. The van der Waals surface area contributed by atoms with Gasteiger partial charge in [-0.3, -0.25) is 0 Å². The van der Waals surface area contributed by atoms with Gasteiger partial charge in [-0.15, -0.1) is 0 Å². The molecule has 1 heterocycles. The number of hydrogen-bond acceptors (Lipinski definition) is 3. The lowest BCUT2D eigenvalue weighted by molar-refractivity contribution is -0.0500. The molecule has 3 nitrogen and oxygen atoms in total. The van der Waals surface area contributed by atoms with E-state index < -0.39 is 6.61 Å². The van der Waals surface area contributed by atoms with Gasteiger partial charge in [0, 0.05) is 19.2 Å². The molecule has 1 N–H and O–H groups in total. The standard InChI is InChI=1S/C13H17F2NO2/c1-9-5-6-17-12(8-16-9)10-3-2-4-11(7-10)18-13(14)15/h2-4,7,9,12-13,16H,5-6,8H2,1H3. The summed E-state index contributed by atoms with van der Waals surface area (Å²) in [5.41, 5.74) is 0.856. The van der Waals surface area contributed by atoms with Crippen molar-refractivity contribution in [2.45, 2.75) is 32.1 Å². The van der Waals surface area contributed by atoms with Crippen molar-refractivity contribution in [1.82, 2.24) is 5.32 Å². The van der Waals surface area contributed by atoms with Crippen LogP contribution in [0.15, 0.2) is 24.3 Å². The van der Waals surface area contributed by atoms with Crippen LogP contribution in [0.3, 0.4) is 0 Å². The third-order valence-corrected chi connectivity index (χ3v) is 2.98. The van der Waals surface area contributed by atoms with Crippen molar-refractivity contribution >= 4 is 0 Å². The molecular weight excluding hydrogens is 240 g/mol. The molecule has 5 heteroatoms. The first-order valence-electron chi connectivity index (χ1n) is 6.05. The smallest absolute Gasteiger partial charge is 0.387 e. The number of nitrogens with one attached hydrogen (secondary N) is 1. The van der Waals surface area contributed by atoms with E-state index in [1.165, 1.54) is 6.07 Å². The van der Waals surface area contributed by atoms with Gasteiger partial charge < -0.3 is 14.8 Å². The molecule has 0 radical (unpaired) electrons. The third-order valence-electron chi connectivity index (χ3n) is 2.98. The van der Waals surface area contributed by atoms with Crippen LogP contribution in [0.1, 0.15) is 25.0 Å². The van der Waals surface area contributed by atoms with E-state index in [4.69, 9.17) is 4.74 Å². The Bertz CT molecular complexity index is 387. The highest BCUT2D eigenvalue weighted by Crippen LogP contribution is 2.24. The quantitative estimate of drug-likeness (QED) is 0.903. The monoisotopic (exact) mass is 257 g/mol. The van der Waals surface area contributed by atoms with Crippen molar-refractivity contribution in [2.24, 2.45) is 0 Å². The summed E-state index contributed by atoms with van der Waals surface area (Å²) in [5, 5.41) is 3.34. The number of benzene rings is 1. The Kier molecular flexibility index (Phi) is 4.49. The molecule has 2 unspecified atom stereocenters. The number of halogens is 2. The van der Waals surface area contributed by atoms with E-state index in [9.17, 15) is 8.78 Å². The SMILES string of the molecule is CC1CCOC(c2cccc(OC(F)F)c2)CN1. The highest BCUT2D eigenvalue weighted by molar-refractivity contribution is 5.30. The molecule has 0 bridgehead atoms. The lowest BCUT2D eigenvalue weighted by Crippen LogP contribution is -2.27. The highest BCUT2D eigenvalue weighted by Gasteiger charge is 2.18. The van der Waals surface area contributed by atoms with Crippen molar-refractivity contribution in [2.75, 3.05) is 13.2 Å². The molecule has 1 aliphatic rings. The predicted octanol–water partition coefficient (Wildman–Crippen LogP) is 2.73. The molecule has 2 atom stereocenters. The summed E-state index contributed by atoms with van der Waals surface area (Å²) in [4.78, 5) is 0. The Labute approximate surface area is 105 Å². The van der Waals surface area contributed by atoms with Crippen LogP contribution in [0.25, 0.3) is 0 Å². The van der Waals surface area contributed by atoms with Gasteiger partial charge in [0.2, 0.25) is 0 Å².